The number of aromatic nitrogens is 1. The van der Waals surface area contributed by atoms with Crippen LogP contribution in [0.1, 0.15) is 25.3 Å². The fourth-order valence-electron chi connectivity index (χ4n) is 1.09. The van der Waals surface area contributed by atoms with Crippen molar-refractivity contribution in [2.45, 2.75) is 26.2 Å². The van der Waals surface area contributed by atoms with E-state index in [0.29, 0.717) is 0 Å². The van der Waals surface area contributed by atoms with Gasteiger partial charge >= 0.3 is 0 Å². The smallest absolute Gasteiger partial charge is 0.0270 e. The maximum Gasteiger partial charge on any atom is 0.0270 e. The molecular formula is C10H13NS. The lowest BCUT2D eigenvalue weighted by molar-refractivity contribution is 0.867. The summed E-state index contributed by atoms with van der Waals surface area (Å²) in [4.78, 5) is 5.06. The Kier molecular flexibility index (Phi) is 3.88. The van der Waals surface area contributed by atoms with Crippen molar-refractivity contribution >= 4 is 17.1 Å². The molecule has 0 atom stereocenters. The van der Waals surface area contributed by atoms with Gasteiger partial charge < -0.3 is 0 Å². The van der Waals surface area contributed by atoms with Crippen LogP contribution in [0.5, 0.6) is 0 Å². The molecule has 0 fully saturated rings. The van der Waals surface area contributed by atoms with Gasteiger partial charge in [-0.1, -0.05) is 12.2 Å². The third kappa shape index (κ3) is 3.58. The molecule has 0 unspecified atom stereocenters. The Morgan fingerprint density at radius 1 is 1.42 bits per heavy atom. The first-order valence-electron chi connectivity index (χ1n) is 4.17. The van der Waals surface area contributed by atoms with Gasteiger partial charge in [0.05, 0.1) is 0 Å². The zero-order valence-corrected chi connectivity index (χ0v) is 8.10. The molecule has 12 heavy (non-hydrogen) atoms. The maximum absolute atomic E-state index is 5.00. The van der Waals surface area contributed by atoms with E-state index >= 15 is 0 Å². The van der Waals surface area contributed by atoms with Gasteiger partial charge in [0.15, 0.2) is 0 Å². The van der Waals surface area contributed by atoms with Crippen molar-refractivity contribution in [2.24, 2.45) is 0 Å². The number of aryl methyl sites for hydroxylation is 1. The predicted molar refractivity (Wildman–Crippen MR) is 55.4 cm³/mol. The highest BCUT2D eigenvalue weighted by molar-refractivity contribution is 7.80. The normalized spacial score (nSPS) is 9.75. The van der Waals surface area contributed by atoms with E-state index in [-0.39, 0.29) is 0 Å². The SMILES string of the molecule is CC(=S)CCCc1ccncc1. The molecule has 0 amide bonds. The minimum absolute atomic E-state index is 1.05. The van der Waals surface area contributed by atoms with Crippen molar-refractivity contribution in [3.63, 3.8) is 0 Å². The van der Waals surface area contributed by atoms with Gasteiger partial charge in [0.2, 0.25) is 0 Å². The zero-order chi connectivity index (χ0) is 8.81. The Morgan fingerprint density at radius 2 is 2.08 bits per heavy atom. The first-order chi connectivity index (χ1) is 5.79. The van der Waals surface area contributed by atoms with Gasteiger partial charge in [-0.05, 0) is 48.7 Å². The van der Waals surface area contributed by atoms with Crippen LogP contribution in [-0.4, -0.2) is 9.85 Å². The summed E-state index contributed by atoms with van der Waals surface area (Å²) in [7, 11) is 0. The van der Waals surface area contributed by atoms with Crippen molar-refractivity contribution < 1.29 is 0 Å². The van der Waals surface area contributed by atoms with Gasteiger partial charge in [0.1, 0.15) is 0 Å². The number of hydrogen-bond acceptors (Lipinski definition) is 2. The van der Waals surface area contributed by atoms with Crippen molar-refractivity contribution in [2.75, 3.05) is 0 Å². The Morgan fingerprint density at radius 3 is 2.67 bits per heavy atom. The van der Waals surface area contributed by atoms with Crippen LogP contribution in [0.25, 0.3) is 0 Å². The maximum atomic E-state index is 5.00. The number of hydrogen-bond donors (Lipinski definition) is 0. The molecule has 0 saturated carbocycles. The van der Waals surface area contributed by atoms with Crippen LogP contribution in [0, 0.1) is 0 Å². The van der Waals surface area contributed by atoms with Crippen molar-refractivity contribution in [1.29, 1.82) is 0 Å². The Balaban J connectivity index is 2.29. The predicted octanol–water partition coefficient (Wildman–Crippen LogP) is 2.79. The number of thiocarbonyl (C=S) groups is 1. The summed E-state index contributed by atoms with van der Waals surface area (Å²) in [6.07, 6.45) is 6.98. The standard InChI is InChI=1S/C10H13NS/c1-9(12)3-2-4-10-5-7-11-8-6-10/h5-8H,2-4H2,1H3. The van der Waals surface area contributed by atoms with E-state index in [1.54, 1.807) is 0 Å². The fourth-order valence-corrected chi connectivity index (χ4v) is 1.24. The van der Waals surface area contributed by atoms with Crippen LogP contribution in [-0.2, 0) is 6.42 Å². The lowest BCUT2D eigenvalue weighted by Crippen LogP contribution is -1.90. The third-order valence-electron chi connectivity index (χ3n) is 1.74. The molecule has 0 radical (unpaired) electrons. The van der Waals surface area contributed by atoms with Gasteiger partial charge in [-0.2, -0.15) is 0 Å². The molecule has 0 aliphatic heterocycles. The van der Waals surface area contributed by atoms with E-state index in [1.807, 2.05) is 19.3 Å². The zero-order valence-electron chi connectivity index (χ0n) is 7.29. The monoisotopic (exact) mass is 179 g/mol. The Bertz CT molecular complexity index is 243. The first-order valence-corrected chi connectivity index (χ1v) is 4.58. The number of pyridine rings is 1. The molecule has 64 valence electrons. The summed E-state index contributed by atoms with van der Waals surface area (Å²) in [5.74, 6) is 0. The molecule has 2 heteroatoms. The minimum Gasteiger partial charge on any atom is -0.265 e. The largest absolute Gasteiger partial charge is 0.265 e. The molecule has 0 aromatic carbocycles. The quantitative estimate of drug-likeness (QED) is 0.659. The molecule has 0 aliphatic carbocycles. The summed E-state index contributed by atoms with van der Waals surface area (Å²) in [5, 5.41) is 0. The first kappa shape index (κ1) is 9.33. The highest BCUT2D eigenvalue weighted by Gasteiger charge is 1.92. The molecule has 1 aromatic rings. The number of rotatable bonds is 4. The summed E-state index contributed by atoms with van der Waals surface area (Å²) in [6, 6.07) is 4.11. The molecule has 0 aliphatic rings. The summed E-state index contributed by atoms with van der Waals surface area (Å²) in [6.45, 7) is 2.00. The molecule has 1 heterocycles. The molecule has 0 spiro atoms. The Hall–Kier alpha value is -0.760. The van der Waals surface area contributed by atoms with E-state index in [0.717, 1.165) is 24.1 Å². The van der Waals surface area contributed by atoms with Crippen LogP contribution in [0.15, 0.2) is 24.5 Å². The molecule has 1 rings (SSSR count). The Labute approximate surface area is 78.8 Å². The topological polar surface area (TPSA) is 12.9 Å². The molecule has 0 bridgehead atoms. The van der Waals surface area contributed by atoms with Gasteiger partial charge in [-0.15, -0.1) is 0 Å². The van der Waals surface area contributed by atoms with Crippen LogP contribution in [0.2, 0.25) is 0 Å². The van der Waals surface area contributed by atoms with E-state index < -0.39 is 0 Å². The molecule has 1 aromatic heterocycles. The van der Waals surface area contributed by atoms with Crippen LogP contribution in [0.3, 0.4) is 0 Å². The summed E-state index contributed by atoms with van der Waals surface area (Å²) < 4.78 is 0. The van der Waals surface area contributed by atoms with Gasteiger partial charge in [-0.25, -0.2) is 0 Å². The van der Waals surface area contributed by atoms with Crippen molar-refractivity contribution in [3.8, 4) is 0 Å². The van der Waals surface area contributed by atoms with Crippen molar-refractivity contribution in [3.05, 3.63) is 30.1 Å². The second-order valence-corrected chi connectivity index (χ2v) is 3.61. The fraction of sp³-hybridized carbons (Fsp3) is 0.400. The molecular weight excluding hydrogens is 166 g/mol. The highest BCUT2D eigenvalue weighted by atomic mass is 32.1. The minimum atomic E-state index is 1.05. The van der Waals surface area contributed by atoms with Crippen LogP contribution >= 0.6 is 12.2 Å². The van der Waals surface area contributed by atoms with Gasteiger partial charge in [-0.3, -0.25) is 4.98 Å². The van der Waals surface area contributed by atoms with Gasteiger partial charge in [0.25, 0.3) is 0 Å². The highest BCUT2D eigenvalue weighted by Crippen LogP contribution is 2.03. The van der Waals surface area contributed by atoms with E-state index in [4.69, 9.17) is 12.2 Å². The van der Waals surface area contributed by atoms with Gasteiger partial charge in [0, 0.05) is 12.4 Å². The van der Waals surface area contributed by atoms with Crippen molar-refractivity contribution in [1.82, 2.24) is 4.98 Å². The number of nitrogens with zero attached hydrogens (tertiary/aromatic N) is 1. The second kappa shape index (κ2) is 4.99. The molecule has 1 nitrogen and oxygen atoms in total. The van der Waals surface area contributed by atoms with E-state index in [9.17, 15) is 0 Å². The average molecular weight is 179 g/mol. The molecule has 0 N–H and O–H groups in total. The average Bonchev–Trinajstić information content (AvgIpc) is 2.05. The summed E-state index contributed by atoms with van der Waals surface area (Å²) in [5.41, 5.74) is 1.35. The lowest BCUT2D eigenvalue weighted by Gasteiger charge is -1.98. The lowest BCUT2D eigenvalue weighted by atomic mass is 10.1. The molecule has 0 saturated heterocycles. The second-order valence-electron chi connectivity index (χ2n) is 2.91. The van der Waals surface area contributed by atoms with E-state index in [1.165, 1.54) is 5.56 Å². The van der Waals surface area contributed by atoms with Crippen LogP contribution in [0.4, 0.5) is 0 Å². The summed E-state index contributed by atoms with van der Waals surface area (Å²) >= 11 is 5.00. The third-order valence-corrected chi connectivity index (χ3v) is 1.95. The van der Waals surface area contributed by atoms with E-state index in [2.05, 4.69) is 17.1 Å². The van der Waals surface area contributed by atoms with Crippen LogP contribution < -0.4 is 0 Å².